The Kier molecular flexibility index (Phi) is 6.59. The van der Waals surface area contributed by atoms with Gasteiger partial charge in [0, 0.05) is 12.2 Å². The van der Waals surface area contributed by atoms with Gasteiger partial charge >= 0.3 is 6.18 Å². The van der Waals surface area contributed by atoms with Crippen LogP contribution in [0.1, 0.15) is 12.5 Å². The van der Waals surface area contributed by atoms with Crippen LogP contribution in [-0.2, 0) is 21.0 Å². The molecule has 31 heavy (non-hydrogen) atoms. The average Bonchev–Trinajstić information content (AvgIpc) is 2.72. The second-order valence-corrected chi connectivity index (χ2v) is 9.03. The Bertz CT molecular complexity index is 1230. The Balaban J connectivity index is 1.80. The van der Waals surface area contributed by atoms with Crippen LogP contribution in [-0.4, -0.2) is 31.7 Å². The molecule has 0 bridgehead atoms. The van der Waals surface area contributed by atoms with Crippen molar-refractivity contribution in [3.8, 4) is 0 Å². The number of carbonyl (C=O) groups excluding carboxylic acids is 1. The molecule has 3 aromatic carbocycles. The quantitative estimate of drug-likeness (QED) is 0.541. The van der Waals surface area contributed by atoms with E-state index in [1.165, 1.54) is 18.2 Å². The molecule has 0 aliphatic heterocycles. The van der Waals surface area contributed by atoms with E-state index in [9.17, 15) is 26.4 Å². The zero-order valence-electron chi connectivity index (χ0n) is 16.3. The van der Waals surface area contributed by atoms with Gasteiger partial charge in [0.25, 0.3) is 0 Å². The van der Waals surface area contributed by atoms with Gasteiger partial charge in [0.05, 0.1) is 22.0 Å². The standard InChI is InChI=1S/C21H18ClF3N2O3S/c1-2-27(31(29,30)17-9-7-14-5-3-4-6-15(14)11-17)13-20(28)26-16-8-10-19(22)18(12-16)21(23,24)25/h3-12H,2,13H2,1H3,(H,26,28). The van der Waals surface area contributed by atoms with Crippen LogP contribution in [0.2, 0.25) is 5.02 Å². The average molecular weight is 471 g/mol. The van der Waals surface area contributed by atoms with Crippen molar-refractivity contribution in [3.63, 3.8) is 0 Å². The maximum absolute atomic E-state index is 13.0. The molecule has 0 fully saturated rings. The Morgan fingerprint density at radius 2 is 1.71 bits per heavy atom. The minimum absolute atomic E-state index is 0.00298. The smallest absolute Gasteiger partial charge is 0.325 e. The number of benzene rings is 3. The van der Waals surface area contributed by atoms with Gasteiger partial charge in [-0.05, 0) is 41.1 Å². The fraction of sp³-hybridized carbons (Fsp3) is 0.190. The van der Waals surface area contributed by atoms with E-state index in [0.29, 0.717) is 6.07 Å². The van der Waals surface area contributed by atoms with E-state index in [2.05, 4.69) is 5.32 Å². The second kappa shape index (κ2) is 8.86. The molecule has 0 aromatic heterocycles. The van der Waals surface area contributed by atoms with E-state index < -0.39 is 39.2 Å². The molecule has 0 saturated heterocycles. The first kappa shape index (κ1) is 23.1. The molecule has 0 heterocycles. The van der Waals surface area contributed by atoms with E-state index in [4.69, 9.17) is 11.6 Å². The zero-order chi connectivity index (χ0) is 22.8. The molecule has 10 heteroatoms. The van der Waals surface area contributed by atoms with E-state index in [0.717, 1.165) is 21.1 Å². The summed E-state index contributed by atoms with van der Waals surface area (Å²) in [6.07, 6.45) is -4.69. The maximum Gasteiger partial charge on any atom is 0.417 e. The third-order valence-electron chi connectivity index (χ3n) is 4.59. The number of hydrogen-bond donors (Lipinski definition) is 1. The third kappa shape index (κ3) is 5.17. The highest BCUT2D eigenvalue weighted by Gasteiger charge is 2.33. The summed E-state index contributed by atoms with van der Waals surface area (Å²) in [4.78, 5) is 12.4. The summed E-state index contributed by atoms with van der Waals surface area (Å²) >= 11 is 5.57. The van der Waals surface area contributed by atoms with Gasteiger partial charge in [-0.25, -0.2) is 8.42 Å². The van der Waals surface area contributed by atoms with Crippen LogP contribution in [0, 0.1) is 0 Å². The van der Waals surface area contributed by atoms with Gasteiger partial charge in [0.15, 0.2) is 0 Å². The monoisotopic (exact) mass is 470 g/mol. The summed E-state index contributed by atoms with van der Waals surface area (Å²) in [5.74, 6) is -0.776. The lowest BCUT2D eigenvalue weighted by Crippen LogP contribution is -2.37. The third-order valence-corrected chi connectivity index (χ3v) is 6.83. The van der Waals surface area contributed by atoms with Crippen LogP contribution in [0.15, 0.2) is 65.6 Å². The predicted molar refractivity (Wildman–Crippen MR) is 113 cm³/mol. The summed E-state index contributed by atoms with van der Waals surface area (Å²) in [7, 11) is -4.00. The number of halogens is 4. The first-order chi connectivity index (χ1) is 14.5. The molecular formula is C21H18ClF3N2O3S. The number of rotatable bonds is 6. The van der Waals surface area contributed by atoms with E-state index >= 15 is 0 Å². The number of anilines is 1. The molecule has 0 aliphatic rings. The lowest BCUT2D eigenvalue weighted by atomic mass is 10.1. The van der Waals surface area contributed by atoms with E-state index in [1.807, 2.05) is 12.1 Å². The lowest BCUT2D eigenvalue weighted by Gasteiger charge is -2.20. The molecule has 1 N–H and O–H groups in total. The van der Waals surface area contributed by atoms with Crippen molar-refractivity contribution in [2.45, 2.75) is 18.0 Å². The Hall–Kier alpha value is -2.62. The van der Waals surface area contributed by atoms with Crippen molar-refractivity contribution in [3.05, 3.63) is 71.2 Å². The number of likely N-dealkylation sites (N-methyl/N-ethyl adjacent to an activating group) is 1. The molecule has 5 nitrogen and oxygen atoms in total. The lowest BCUT2D eigenvalue weighted by molar-refractivity contribution is -0.137. The summed E-state index contributed by atoms with van der Waals surface area (Å²) in [6.45, 7) is 1.00. The van der Waals surface area contributed by atoms with Gasteiger partial charge in [-0.3, -0.25) is 4.79 Å². The van der Waals surface area contributed by atoms with Gasteiger partial charge < -0.3 is 5.32 Å². The number of nitrogens with one attached hydrogen (secondary N) is 1. The fourth-order valence-electron chi connectivity index (χ4n) is 3.02. The van der Waals surface area contributed by atoms with Crippen molar-refractivity contribution in [2.24, 2.45) is 0 Å². The Morgan fingerprint density at radius 1 is 1.03 bits per heavy atom. The topological polar surface area (TPSA) is 66.5 Å². The number of alkyl halides is 3. The number of nitrogens with zero attached hydrogens (tertiary/aromatic N) is 1. The van der Waals surface area contributed by atoms with Crippen molar-refractivity contribution in [1.29, 1.82) is 0 Å². The largest absolute Gasteiger partial charge is 0.417 e. The Labute approximate surface area is 182 Å². The summed E-state index contributed by atoms with van der Waals surface area (Å²) in [5.41, 5.74) is -1.23. The van der Waals surface area contributed by atoms with Gasteiger partial charge in [0.2, 0.25) is 15.9 Å². The van der Waals surface area contributed by atoms with Crippen molar-refractivity contribution in [1.82, 2.24) is 4.31 Å². The van der Waals surface area contributed by atoms with Gasteiger partial charge in [0.1, 0.15) is 0 Å². The van der Waals surface area contributed by atoms with E-state index in [-0.39, 0.29) is 17.1 Å². The molecule has 1 amide bonds. The first-order valence-corrected chi connectivity index (χ1v) is 11.0. The maximum atomic E-state index is 13.0. The van der Waals surface area contributed by atoms with E-state index in [1.54, 1.807) is 25.1 Å². The van der Waals surface area contributed by atoms with Crippen LogP contribution in [0.3, 0.4) is 0 Å². The molecular weight excluding hydrogens is 453 g/mol. The van der Waals surface area contributed by atoms with Crippen molar-refractivity contribution >= 4 is 44.0 Å². The van der Waals surface area contributed by atoms with Gasteiger partial charge in [-0.1, -0.05) is 48.9 Å². The van der Waals surface area contributed by atoms with Gasteiger partial charge in [-0.15, -0.1) is 0 Å². The van der Waals surface area contributed by atoms with Crippen LogP contribution in [0.25, 0.3) is 10.8 Å². The SMILES string of the molecule is CCN(CC(=O)Nc1ccc(Cl)c(C(F)(F)F)c1)S(=O)(=O)c1ccc2ccccc2c1. The molecule has 0 aliphatic carbocycles. The molecule has 3 aromatic rings. The molecule has 0 radical (unpaired) electrons. The summed E-state index contributed by atoms with van der Waals surface area (Å²) < 4.78 is 66.0. The van der Waals surface area contributed by atoms with Crippen molar-refractivity contribution in [2.75, 3.05) is 18.4 Å². The summed E-state index contributed by atoms with van der Waals surface area (Å²) in [6, 6.07) is 14.8. The molecule has 0 spiro atoms. The number of amides is 1. The van der Waals surface area contributed by atoms with Crippen LogP contribution < -0.4 is 5.32 Å². The molecule has 0 atom stereocenters. The number of sulfonamides is 1. The minimum Gasteiger partial charge on any atom is -0.325 e. The highest BCUT2D eigenvalue weighted by molar-refractivity contribution is 7.89. The number of hydrogen-bond acceptors (Lipinski definition) is 3. The first-order valence-electron chi connectivity index (χ1n) is 9.18. The van der Waals surface area contributed by atoms with Crippen molar-refractivity contribution < 1.29 is 26.4 Å². The normalized spacial score (nSPS) is 12.3. The van der Waals surface area contributed by atoms with Crippen LogP contribution >= 0.6 is 11.6 Å². The molecule has 3 rings (SSSR count). The molecule has 0 saturated carbocycles. The summed E-state index contributed by atoms with van der Waals surface area (Å²) in [5, 5.41) is 3.39. The highest BCUT2D eigenvalue weighted by atomic mass is 35.5. The minimum atomic E-state index is -4.69. The predicted octanol–water partition coefficient (Wildman–Crippen LogP) is 5.16. The zero-order valence-corrected chi connectivity index (χ0v) is 17.9. The molecule has 0 unspecified atom stereocenters. The van der Waals surface area contributed by atoms with Gasteiger partial charge in [-0.2, -0.15) is 17.5 Å². The number of fused-ring (bicyclic) bond motifs is 1. The fourth-order valence-corrected chi connectivity index (χ4v) is 4.69. The number of carbonyl (C=O) groups is 1. The molecule has 164 valence electrons. The van der Waals surface area contributed by atoms with Crippen LogP contribution in [0.5, 0.6) is 0 Å². The van der Waals surface area contributed by atoms with Crippen LogP contribution in [0.4, 0.5) is 18.9 Å². The second-order valence-electron chi connectivity index (χ2n) is 6.68. The Morgan fingerprint density at radius 3 is 2.35 bits per heavy atom. The highest BCUT2D eigenvalue weighted by Crippen LogP contribution is 2.36.